The van der Waals surface area contributed by atoms with Gasteiger partial charge in [0, 0.05) is 11.6 Å². The summed E-state index contributed by atoms with van der Waals surface area (Å²) in [5, 5.41) is 5.87. The number of carbonyl (C=O) groups is 2. The summed E-state index contributed by atoms with van der Waals surface area (Å²) in [5.41, 5.74) is 2.28. The van der Waals surface area contributed by atoms with Gasteiger partial charge in [-0.05, 0) is 37.1 Å². The molecule has 36 heavy (non-hydrogen) atoms. The largest absolute Gasteiger partial charge is 0.496 e. The van der Waals surface area contributed by atoms with Gasteiger partial charge >= 0.3 is 0 Å². The molecule has 0 radical (unpaired) electrons. The van der Waals surface area contributed by atoms with Crippen molar-refractivity contribution in [2.24, 2.45) is 0 Å². The molecule has 7 nitrogen and oxygen atoms in total. The number of amides is 2. The van der Waals surface area contributed by atoms with Gasteiger partial charge in [0.2, 0.25) is 0 Å². The van der Waals surface area contributed by atoms with Crippen LogP contribution in [0.3, 0.4) is 0 Å². The monoisotopic (exact) mass is 488 g/mol. The number of rotatable bonds is 10. The second-order valence-corrected chi connectivity index (χ2v) is 8.22. The Morgan fingerprint density at radius 2 is 1.08 bits per heavy atom. The average Bonchev–Trinajstić information content (AvgIpc) is 2.91. The molecule has 2 amide bonds. The van der Waals surface area contributed by atoms with Gasteiger partial charge in [0.05, 0.1) is 33.4 Å². The van der Waals surface area contributed by atoms with Crippen LogP contribution in [0, 0.1) is 0 Å². The van der Waals surface area contributed by atoms with E-state index in [-0.39, 0.29) is 17.7 Å². The highest BCUT2D eigenvalue weighted by Gasteiger charge is 2.23. The van der Waals surface area contributed by atoms with Crippen molar-refractivity contribution in [1.82, 2.24) is 10.6 Å². The highest BCUT2D eigenvalue weighted by Crippen LogP contribution is 2.35. The molecule has 0 bridgehead atoms. The predicted octanol–water partition coefficient (Wildman–Crippen LogP) is 4.85. The van der Waals surface area contributed by atoms with Gasteiger partial charge < -0.3 is 24.8 Å². The molecular weight excluding hydrogens is 456 g/mol. The molecule has 2 atom stereocenters. The van der Waals surface area contributed by atoms with Crippen LogP contribution in [0.15, 0.2) is 78.4 Å². The molecule has 3 aromatic rings. The van der Waals surface area contributed by atoms with Gasteiger partial charge in [-0.2, -0.15) is 0 Å². The Bertz CT molecular complexity index is 1150. The average molecular weight is 489 g/mol. The Balaban J connectivity index is 1.99. The summed E-state index contributed by atoms with van der Waals surface area (Å²) in [6.45, 7) is 3.73. The summed E-state index contributed by atoms with van der Waals surface area (Å²) in [7, 11) is 4.55. The van der Waals surface area contributed by atoms with Gasteiger partial charge in [-0.3, -0.25) is 9.59 Å². The van der Waals surface area contributed by atoms with Crippen LogP contribution in [-0.4, -0.2) is 33.1 Å². The molecule has 188 valence electrons. The molecule has 3 aromatic carbocycles. The van der Waals surface area contributed by atoms with E-state index in [0.29, 0.717) is 22.8 Å². The number of ether oxygens (including phenoxy) is 3. The number of hydrogen-bond acceptors (Lipinski definition) is 5. The van der Waals surface area contributed by atoms with E-state index < -0.39 is 11.8 Å². The quantitative estimate of drug-likeness (QED) is 0.242. The lowest BCUT2D eigenvalue weighted by molar-refractivity contribution is -0.124. The van der Waals surface area contributed by atoms with E-state index in [9.17, 15) is 9.59 Å². The van der Waals surface area contributed by atoms with E-state index in [4.69, 9.17) is 14.2 Å². The smallest absolute Gasteiger partial charge is 0.257 e. The van der Waals surface area contributed by atoms with Crippen LogP contribution >= 0.6 is 0 Å². The van der Waals surface area contributed by atoms with Gasteiger partial charge in [0.15, 0.2) is 11.5 Å². The lowest BCUT2D eigenvalue weighted by Crippen LogP contribution is -2.36. The molecule has 0 aliphatic rings. The van der Waals surface area contributed by atoms with E-state index in [0.717, 1.165) is 11.1 Å². The van der Waals surface area contributed by atoms with Crippen molar-refractivity contribution in [3.63, 3.8) is 0 Å². The number of nitrogens with one attached hydrogen (secondary N) is 2. The summed E-state index contributed by atoms with van der Waals surface area (Å²) in [4.78, 5) is 26.9. The van der Waals surface area contributed by atoms with Crippen LogP contribution in [0.25, 0.3) is 6.08 Å². The second-order valence-electron chi connectivity index (χ2n) is 8.22. The lowest BCUT2D eigenvalue weighted by atomic mass is 10.0. The molecule has 7 heteroatoms. The Kier molecular flexibility index (Phi) is 9.11. The summed E-state index contributed by atoms with van der Waals surface area (Å²) in [5.74, 6) is 0.317. The molecule has 0 saturated heterocycles. The molecule has 0 unspecified atom stereocenters. The van der Waals surface area contributed by atoms with Crippen molar-refractivity contribution in [3.8, 4) is 17.2 Å². The zero-order valence-electron chi connectivity index (χ0n) is 21.2. The predicted molar refractivity (Wildman–Crippen MR) is 140 cm³/mol. The van der Waals surface area contributed by atoms with E-state index in [2.05, 4.69) is 10.6 Å². The SMILES string of the molecule is COc1cc(OC)c(OC)cc1C=C(C(=O)N[C@@H](C)c1ccccc1)C(=O)N[C@H](C)c1ccccc1. The lowest BCUT2D eigenvalue weighted by Gasteiger charge is -2.19. The first-order valence-corrected chi connectivity index (χ1v) is 11.6. The van der Waals surface area contributed by atoms with Crippen LogP contribution in [0.1, 0.15) is 42.6 Å². The van der Waals surface area contributed by atoms with Crippen LogP contribution < -0.4 is 24.8 Å². The molecule has 0 heterocycles. The van der Waals surface area contributed by atoms with Crippen molar-refractivity contribution in [2.45, 2.75) is 25.9 Å². The van der Waals surface area contributed by atoms with Crippen molar-refractivity contribution in [3.05, 3.63) is 95.1 Å². The van der Waals surface area contributed by atoms with Gasteiger partial charge in [-0.15, -0.1) is 0 Å². The summed E-state index contributed by atoms with van der Waals surface area (Å²) in [6.07, 6.45) is 1.50. The number of methoxy groups -OCH3 is 3. The Morgan fingerprint density at radius 1 is 0.667 bits per heavy atom. The molecule has 0 aliphatic carbocycles. The Hall–Kier alpha value is -4.26. The maximum Gasteiger partial charge on any atom is 0.257 e. The minimum atomic E-state index is -0.513. The third kappa shape index (κ3) is 6.44. The zero-order chi connectivity index (χ0) is 26.1. The first kappa shape index (κ1) is 26.3. The van der Waals surface area contributed by atoms with Crippen molar-refractivity contribution >= 4 is 17.9 Å². The first-order chi connectivity index (χ1) is 17.4. The number of hydrogen-bond donors (Lipinski definition) is 2. The van der Waals surface area contributed by atoms with Gasteiger partial charge in [-0.1, -0.05) is 60.7 Å². The normalized spacial score (nSPS) is 12.8. The van der Waals surface area contributed by atoms with Crippen LogP contribution in [0.2, 0.25) is 0 Å². The zero-order valence-corrected chi connectivity index (χ0v) is 21.2. The molecule has 3 rings (SSSR count). The maximum atomic E-state index is 13.4. The third-order valence-electron chi connectivity index (χ3n) is 5.82. The van der Waals surface area contributed by atoms with Crippen LogP contribution in [0.5, 0.6) is 17.2 Å². The molecule has 0 aliphatic heterocycles. The van der Waals surface area contributed by atoms with Gasteiger partial charge in [-0.25, -0.2) is 0 Å². The minimum Gasteiger partial charge on any atom is -0.496 e. The fourth-order valence-electron chi connectivity index (χ4n) is 3.75. The van der Waals surface area contributed by atoms with Crippen molar-refractivity contribution in [1.29, 1.82) is 0 Å². The summed E-state index contributed by atoms with van der Waals surface area (Å²) in [6, 6.07) is 21.8. The summed E-state index contributed by atoms with van der Waals surface area (Å²) < 4.78 is 16.3. The second kappa shape index (κ2) is 12.4. The Morgan fingerprint density at radius 3 is 1.50 bits per heavy atom. The maximum absolute atomic E-state index is 13.4. The minimum absolute atomic E-state index is 0.0638. The fraction of sp³-hybridized carbons (Fsp3) is 0.241. The standard InChI is InChI=1S/C29H32N2O5/c1-19(21-12-8-6-9-13-21)30-28(32)24(29(33)31-20(2)22-14-10-7-11-15-22)16-23-17-26(35-4)27(36-5)18-25(23)34-3/h6-20H,1-5H3,(H,30,32)(H,31,33)/t19-,20+. The first-order valence-electron chi connectivity index (χ1n) is 11.6. The molecule has 0 fully saturated rings. The fourth-order valence-corrected chi connectivity index (χ4v) is 3.75. The Labute approximate surface area is 212 Å². The van der Waals surface area contributed by atoms with Gasteiger partial charge in [0.25, 0.3) is 11.8 Å². The van der Waals surface area contributed by atoms with Crippen molar-refractivity contribution in [2.75, 3.05) is 21.3 Å². The number of benzene rings is 3. The third-order valence-corrected chi connectivity index (χ3v) is 5.82. The van der Waals surface area contributed by atoms with E-state index >= 15 is 0 Å². The van der Waals surface area contributed by atoms with E-state index in [1.165, 1.54) is 27.4 Å². The molecule has 0 saturated carbocycles. The number of carbonyl (C=O) groups excluding carboxylic acids is 2. The molecule has 0 aromatic heterocycles. The molecule has 2 N–H and O–H groups in total. The highest BCUT2D eigenvalue weighted by molar-refractivity contribution is 6.22. The van der Waals surface area contributed by atoms with E-state index in [1.807, 2.05) is 74.5 Å². The topological polar surface area (TPSA) is 85.9 Å². The van der Waals surface area contributed by atoms with E-state index in [1.54, 1.807) is 12.1 Å². The highest BCUT2D eigenvalue weighted by atomic mass is 16.5. The van der Waals surface area contributed by atoms with Gasteiger partial charge in [0.1, 0.15) is 11.3 Å². The summed E-state index contributed by atoms with van der Waals surface area (Å²) >= 11 is 0. The molecule has 0 spiro atoms. The van der Waals surface area contributed by atoms with Crippen LogP contribution in [-0.2, 0) is 9.59 Å². The molecular formula is C29H32N2O5. The van der Waals surface area contributed by atoms with Crippen LogP contribution in [0.4, 0.5) is 0 Å². The van der Waals surface area contributed by atoms with Crippen molar-refractivity contribution < 1.29 is 23.8 Å².